The van der Waals surface area contributed by atoms with Crippen LogP contribution in [0.15, 0.2) is 43.0 Å². The molecule has 108 valence electrons. The summed E-state index contributed by atoms with van der Waals surface area (Å²) in [5, 5.41) is 23.4. The molecule has 2 N–H and O–H groups in total. The van der Waals surface area contributed by atoms with Crippen molar-refractivity contribution in [1.82, 2.24) is 35.2 Å². The average Bonchev–Trinajstić information content (AvgIpc) is 3.25. The molecule has 3 aromatic heterocycles. The van der Waals surface area contributed by atoms with Gasteiger partial charge in [-0.25, -0.2) is 9.67 Å². The van der Waals surface area contributed by atoms with Crippen molar-refractivity contribution in [2.75, 3.05) is 12.4 Å². The van der Waals surface area contributed by atoms with Gasteiger partial charge in [0.1, 0.15) is 5.69 Å². The van der Waals surface area contributed by atoms with Crippen molar-refractivity contribution in [2.24, 2.45) is 0 Å². The summed E-state index contributed by atoms with van der Waals surface area (Å²) in [6.45, 7) is 0. The summed E-state index contributed by atoms with van der Waals surface area (Å²) in [5.74, 6) is 0.486. The van der Waals surface area contributed by atoms with E-state index < -0.39 is 0 Å². The molecule has 0 aliphatic carbocycles. The van der Waals surface area contributed by atoms with Crippen LogP contribution in [0.2, 0.25) is 0 Å². The molecule has 3 heterocycles. The van der Waals surface area contributed by atoms with Gasteiger partial charge in [-0.2, -0.15) is 10.2 Å². The minimum atomic E-state index is 0.486. The van der Waals surface area contributed by atoms with E-state index in [1.54, 1.807) is 30.3 Å². The molecule has 1 aromatic carbocycles. The van der Waals surface area contributed by atoms with E-state index in [4.69, 9.17) is 0 Å². The predicted octanol–water partition coefficient (Wildman–Crippen LogP) is 1.64. The van der Waals surface area contributed by atoms with Crippen LogP contribution >= 0.6 is 0 Å². The highest BCUT2D eigenvalue weighted by Crippen LogP contribution is 2.29. The highest BCUT2D eigenvalue weighted by molar-refractivity contribution is 5.97. The zero-order valence-corrected chi connectivity index (χ0v) is 11.7. The average molecular weight is 292 g/mol. The molecule has 22 heavy (non-hydrogen) atoms. The quantitative estimate of drug-likeness (QED) is 0.596. The summed E-state index contributed by atoms with van der Waals surface area (Å²) >= 11 is 0. The maximum Gasteiger partial charge on any atom is 0.242 e. The molecule has 8 heteroatoms. The molecule has 4 aromatic rings. The molecule has 0 radical (unpaired) electrons. The second-order valence-corrected chi connectivity index (χ2v) is 4.66. The fourth-order valence-corrected chi connectivity index (χ4v) is 2.36. The summed E-state index contributed by atoms with van der Waals surface area (Å²) in [5.41, 5.74) is 3.43. The number of rotatable bonds is 3. The van der Waals surface area contributed by atoms with E-state index in [-0.39, 0.29) is 0 Å². The Balaban J connectivity index is 1.89. The Hall–Kier alpha value is -3.29. The number of aromatic nitrogens is 7. The highest BCUT2D eigenvalue weighted by atomic mass is 15.3. The standard InChI is InChI=1S/C14H12N8/c1-15-14-16-8-11(19-21-14)9-3-4-12(22-6-2-5-18-22)13-10(9)7-17-20-13/h2-8H,1H3,(H,17,20)(H,15,16,21). The lowest BCUT2D eigenvalue weighted by molar-refractivity contribution is 0.883. The smallest absolute Gasteiger partial charge is 0.242 e. The van der Waals surface area contributed by atoms with Crippen LogP contribution in [0.3, 0.4) is 0 Å². The van der Waals surface area contributed by atoms with E-state index in [0.717, 1.165) is 22.2 Å². The molecular weight excluding hydrogens is 280 g/mol. The maximum absolute atomic E-state index is 4.26. The van der Waals surface area contributed by atoms with Gasteiger partial charge in [-0.05, 0) is 18.2 Å². The first-order valence-corrected chi connectivity index (χ1v) is 6.71. The number of H-pyrrole nitrogens is 1. The molecule has 0 bridgehead atoms. The lowest BCUT2D eigenvalue weighted by atomic mass is 10.1. The Morgan fingerprint density at radius 3 is 2.86 bits per heavy atom. The molecular formula is C14H12N8. The van der Waals surface area contributed by atoms with Crippen LogP contribution in [0.25, 0.3) is 27.8 Å². The zero-order valence-electron chi connectivity index (χ0n) is 11.7. The molecule has 4 rings (SSSR count). The molecule has 0 fully saturated rings. The van der Waals surface area contributed by atoms with E-state index >= 15 is 0 Å². The van der Waals surface area contributed by atoms with Gasteiger partial charge in [0.25, 0.3) is 0 Å². The van der Waals surface area contributed by atoms with Crippen molar-refractivity contribution >= 4 is 16.9 Å². The maximum atomic E-state index is 4.26. The number of nitrogens with zero attached hydrogens (tertiary/aromatic N) is 6. The number of fused-ring (bicyclic) bond motifs is 1. The van der Waals surface area contributed by atoms with Gasteiger partial charge in [0.2, 0.25) is 5.95 Å². The van der Waals surface area contributed by atoms with Crippen molar-refractivity contribution in [3.63, 3.8) is 0 Å². The van der Waals surface area contributed by atoms with E-state index in [9.17, 15) is 0 Å². The number of hydrogen-bond donors (Lipinski definition) is 2. The van der Waals surface area contributed by atoms with Gasteiger partial charge in [0.05, 0.1) is 23.6 Å². The fourth-order valence-electron chi connectivity index (χ4n) is 2.36. The number of nitrogens with one attached hydrogen (secondary N) is 2. The lowest BCUT2D eigenvalue weighted by Gasteiger charge is -2.07. The third-order valence-electron chi connectivity index (χ3n) is 3.41. The normalized spacial score (nSPS) is 11.0. The summed E-state index contributed by atoms with van der Waals surface area (Å²) in [6, 6.07) is 5.82. The van der Waals surface area contributed by atoms with Gasteiger partial charge in [0, 0.05) is 30.4 Å². The number of hydrogen-bond acceptors (Lipinski definition) is 6. The Kier molecular flexibility index (Phi) is 2.78. The second kappa shape index (κ2) is 4.92. The summed E-state index contributed by atoms with van der Waals surface area (Å²) in [4.78, 5) is 4.20. The molecule has 0 saturated carbocycles. The van der Waals surface area contributed by atoms with Crippen LogP contribution in [0.4, 0.5) is 5.95 Å². The Morgan fingerprint density at radius 2 is 2.14 bits per heavy atom. The lowest BCUT2D eigenvalue weighted by Crippen LogP contribution is -2.00. The molecule has 0 spiro atoms. The van der Waals surface area contributed by atoms with Gasteiger partial charge in [0.15, 0.2) is 0 Å². The summed E-state index contributed by atoms with van der Waals surface area (Å²) in [6.07, 6.45) is 7.08. The van der Waals surface area contributed by atoms with Crippen LogP contribution in [0, 0.1) is 0 Å². The van der Waals surface area contributed by atoms with Crippen LogP contribution in [0.5, 0.6) is 0 Å². The van der Waals surface area contributed by atoms with E-state index in [0.29, 0.717) is 11.6 Å². The molecule has 0 atom stereocenters. The third kappa shape index (κ3) is 1.89. The number of anilines is 1. The topological polar surface area (TPSA) is 97.2 Å². The van der Waals surface area contributed by atoms with Gasteiger partial charge < -0.3 is 5.32 Å². The van der Waals surface area contributed by atoms with Crippen molar-refractivity contribution in [3.05, 3.63) is 43.0 Å². The highest BCUT2D eigenvalue weighted by Gasteiger charge is 2.12. The third-order valence-corrected chi connectivity index (χ3v) is 3.41. The van der Waals surface area contributed by atoms with Crippen molar-refractivity contribution in [2.45, 2.75) is 0 Å². The summed E-state index contributed by atoms with van der Waals surface area (Å²) in [7, 11) is 1.75. The van der Waals surface area contributed by atoms with Crippen LogP contribution in [-0.2, 0) is 0 Å². The largest absolute Gasteiger partial charge is 0.356 e. The van der Waals surface area contributed by atoms with Gasteiger partial charge >= 0.3 is 0 Å². The van der Waals surface area contributed by atoms with E-state index in [2.05, 4.69) is 35.8 Å². The SMILES string of the molecule is CNc1ncc(-c2ccc(-n3cccn3)c3[nH]ncc23)nn1. The first-order chi connectivity index (χ1) is 10.9. The minimum absolute atomic E-state index is 0.486. The van der Waals surface area contributed by atoms with E-state index in [1.165, 1.54) is 0 Å². The van der Waals surface area contributed by atoms with Crippen molar-refractivity contribution in [3.8, 4) is 16.9 Å². The minimum Gasteiger partial charge on any atom is -0.356 e. The fraction of sp³-hybridized carbons (Fsp3) is 0.0714. The Bertz CT molecular complexity index is 908. The zero-order chi connectivity index (χ0) is 14.9. The van der Waals surface area contributed by atoms with Crippen LogP contribution in [0.1, 0.15) is 0 Å². The van der Waals surface area contributed by atoms with Crippen LogP contribution in [-0.4, -0.2) is 42.2 Å². The predicted molar refractivity (Wildman–Crippen MR) is 81.6 cm³/mol. The second-order valence-electron chi connectivity index (χ2n) is 4.66. The first-order valence-electron chi connectivity index (χ1n) is 6.71. The van der Waals surface area contributed by atoms with Gasteiger partial charge in [-0.3, -0.25) is 5.10 Å². The molecule has 0 amide bonds. The van der Waals surface area contributed by atoms with Gasteiger partial charge in [-0.1, -0.05) is 0 Å². The molecule has 0 unspecified atom stereocenters. The number of aromatic amines is 1. The molecule has 0 saturated heterocycles. The molecule has 0 aliphatic heterocycles. The molecule has 8 nitrogen and oxygen atoms in total. The van der Waals surface area contributed by atoms with Crippen LogP contribution < -0.4 is 5.32 Å². The summed E-state index contributed by atoms with van der Waals surface area (Å²) < 4.78 is 1.79. The molecule has 0 aliphatic rings. The Labute approximate surface area is 125 Å². The van der Waals surface area contributed by atoms with Crippen molar-refractivity contribution in [1.29, 1.82) is 0 Å². The first kappa shape index (κ1) is 12.5. The van der Waals surface area contributed by atoms with Crippen molar-refractivity contribution < 1.29 is 0 Å². The number of benzene rings is 1. The monoisotopic (exact) mass is 292 g/mol. The Morgan fingerprint density at radius 1 is 1.18 bits per heavy atom. The van der Waals surface area contributed by atoms with Gasteiger partial charge in [-0.15, -0.1) is 10.2 Å². The van der Waals surface area contributed by atoms with E-state index in [1.807, 2.05) is 24.4 Å².